The topological polar surface area (TPSA) is 90.9 Å². The van der Waals surface area contributed by atoms with E-state index in [1.54, 1.807) is 30.7 Å². The van der Waals surface area contributed by atoms with Crippen LogP contribution in [0.4, 0.5) is 23.3 Å². The molecule has 5 rings (SSSR count). The van der Waals surface area contributed by atoms with Crippen molar-refractivity contribution in [2.45, 2.75) is 6.54 Å². The van der Waals surface area contributed by atoms with Crippen LogP contribution in [0.3, 0.4) is 0 Å². The Labute approximate surface area is 165 Å². The van der Waals surface area contributed by atoms with Gasteiger partial charge in [0.25, 0.3) is 0 Å². The van der Waals surface area contributed by atoms with E-state index < -0.39 is 0 Å². The molecule has 9 heteroatoms. The fourth-order valence-electron chi connectivity index (χ4n) is 2.99. The van der Waals surface area contributed by atoms with Crippen LogP contribution in [0, 0.1) is 0 Å². The summed E-state index contributed by atoms with van der Waals surface area (Å²) in [4.78, 5) is 17.6. The molecule has 0 amide bonds. The maximum atomic E-state index is 5.88. The number of halogens is 1. The van der Waals surface area contributed by atoms with Gasteiger partial charge in [0, 0.05) is 17.8 Å². The molecule has 8 nitrogen and oxygen atoms in total. The zero-order chi connectivity index (χ0) is 18.9. The summed E-state index contributed by atoms with van der Waals surface area (Å²) in [6.45, 7) is 0.613. The maximum absolute atomic E-state index is 5.88. The van der Waals surface area contributed by atoms with Crippen LogP contribution in [0.5, 0.6) is 0 Å². The second-order valence-corrected chi connectivity index (χ2v) is 6.70. The number of benzene rings is 1. The van der Waals surface area contributed by atoms with Crippen LogP contribution in [-0.2, 0) is 6.54 Å². The third-order valence-electron chi connectivity index (χ3n) is 4.31. The summed E-state index contributed by atoms with van der Waals surface area (Å²) in [7, 11) is 0. The summed E-state index contributed by atoms with van der Waals surface area (Å²) in [5, 5.41) is 6.72. The van der Waals surface area contributed by atoms with Gasteiger partial charge < -0.3 is 5.32 Å². The molecule has 0 radical (unpaired) electrons. The number of hydrazine groups is 2. The predicted molar refractivity (Wildman–Crippen MR) is 109 cm³/mol. The van der Waals surface area contributed by atoms with E-state index in [-0.39, 0.29) is 0 Å². The molecule has 1 aliphatic rings. The lowest BCUT2D eigenvalue weighted by molar-refractivity contribution is 0.717. The van der Waals surface area contributed by atoms with E-state index in [0.29, 0.717) is 34.8 Å². The quantitative estimate of drug-likeness (QED) is 0.486. The van der Waals surface area contributed by atoms with Crippen LogP contribution >= 0.6 is 11.6 Å². The summed E-state index contributed by atoms with van der Waals surface area (Å²) in [6.07, 6.45) is 5.02. The number of aromatic nitrogens is 4. The minimum Gasteiger partial charge on any atom is -0.324 e. The molecule has 0 saturated carbocycles. The van der Waals surface area contributed by atoms with E-state index in [2.05, 4.69) is 54.4 Å². The molecule has 0 atom stereocenters. The van der Waals surface area contributed by atoms with Crippen molar-refractivity contribution >= 4 is 45.8 Å². The number of rotatable bonds is 4. The average Bonchev–Trinajstić information content (AvgIpc) is 3.12. The number of hydrogen-bond acceptors (Lipinski definition) is 8. The lowest BCUT2D eigenvalue weighted by Gasteiger charge is -2.17. The molecule has 4 aromatic rings. The van der Waals surface area contributed by atoms with Crippen molar-refractivity contribution in [3.63, 3.8) is 0 Å². The Hall–Kier alpha value is -3.49. The minimum atomic E-state index is 0.579. The predicted octanol–water partition coefficient (Wildman–Crippen LogP) is 3.67. The zero-order valence-electron chi connectivity index (χ0n) is 14.6. The molecule has 3 N–H and O–H groups in total. The number of anilines is 4. The number of nitrogens with one attached hydrogen (secondary N) is 3. The van der Waals surface area contributed by atoms with E-state index >= 15 is 0 Å². The first kappa shape index (κ1) is 16.7. The monoisotopic (exact) mass is 390 g/mol. The first-order valence-electron chi connectivity index (χ1n) is 8.63. The van der Waals surface area contributed by atoms with Crippen molar-refractivity contribution in [3.05, 3.63) is 71.6 Å². The molecule has 3 aromatic heterocycles. The Morgan fingerprint density at radius 2 is 1.96 bits per heavy atom. The van der Waals surface area contributed by atoms with Gasteiger partial charge in [0.1, 0.15) is 5.82 Å². The van der Waals surface area contributed by atoms with Gasteiger partial charge in [-0.3, -0.25) is 15.4 Å². The largest absolute Gasteiger partial charge is 0.324 e. The van der Waals surface area contributed by atoms with Crippen LogP contribution < -0.4 is 21.3 Å². The van der Waals surface area contributed by atoms with Gasteiger partial charge in [0.15, 0.2) is 17.5 Å². The van der Waals surface area contributed by atoms with Crippen molar-refractivity contribution in [3.8, 4) is 0 Å². The Bertz CT molecular complexity index is 1150. The Morgan fingerprint density at radius 1 is 1.00 bits per heavy atom. The summed E-state index contributed by atoms with van der Waals surface area (Å²) in [5.41, 5.74) is 8.23. The minimum absolute atomic E-state index is 0.579. The number of fused-ring (bicyclic) bond motifs is 2. The van der Waals surface area contributed by atoms with Crippen molar-refractivity contribution in [1.82, 2.24) is 25.5 Å². The van der Waals surface area contributed by atoms with Crippen LogP contribution in [0.2, 0.25) is 5.02 Å². The van der Waals surface area contributed by atoms with Gasteiger partial charge in [-0.15, -0.1) is 5.53 Å². The van der Waals surface area contributed by atoms with E-state index in [0.717, 1.165) is 16.5 Å². The van der Waals surface area contributed by atoms with Gasteiger partial charge in [-0.25, -0.2) is 15.0 Å². The molecule has 0 saturated heterocycles. The van der Waals surface area contributed by atoms with Crippen LogP contribution in [0.15, 0.2) is 61.1 Å². The molecule has 1 aliphatic heterocycles. The van der Waals surface area contributed by atoms with Crippen molar-refractivity contribution < 1.29 is 0 Å². The second kappa shape index (κ2) is 6.91. The number of hydrogen-bond donors (Lipinski definition) is 3. The molecule has 0 aliphatic carbocycles. The van der Waals surface area contributed by atoms with E-state index in [1.165, 1.54) is 0 Å². The van der Waals surface area contributed by atoms with Gasteiger partial charge >= 0.3 is 0 Å². The fraction of sp³-hybridized carbons (Fsp3) is 0.0526. The lowest BCUT2D eigenvalue weighted by atomic mass is 10.1. The molecule has 0 spiro atoms. The summed E-state index contributed by atoms with van der Waals surface area (Å²) >= 11 is 5.88. The Balaban J connectivity index is 1.39. The standard InChI is InChI=1S/C19H15ClN8/c20-14-4-6-16(22-9-14)24-17-10-23-18-19(25-17)28(27-26-18)11-12-3-5-15-13(8-12)2-1-7-21-15/h1-10,27H,11H2,(H,23,26)(H,22,24,25). The number of pyridine rings is 2. The van der Waals surface area contributed by atoms with Gasteiger partial charge in [-0.1, -0.05) is 23.7 Å². The third kappa shape index (κ3) is 3.26. The van der Waals surface area contributed by atoms with Crippen molar-refractivity contribution in [1.29, 1.82) is 0 Å². The van der Waals surface area contributed by atoms with Gasteiger partial charge in [-0.2, -0.15) is 0 Å². The summed E-state index contributed by atoms with van der Waals surface area (Å²) < 4.78 is 0. The molecular formula is C19H15ClN8. The third-order valence-corrected chi connectivity index (χ3v) is 4.53. The molecule has 4 heterocycles. The molecular weight excluding hydrogens is 376 g/mol. The number of nitrogens with zero attached hydrogens (tertiary/aromatic N) is 5. The van der Waals surface area contributed by atoms with Crippen molar-refractivity contribution in [2.75, 3.05) is 15.8 Å². The van der Waals surface area contributed by atoms with Gasteiger partial charge in [0.05, 0.1) is 23.3 Å². The van der Waals surface area contributed by atoms with Gasteiger partial charge in [0.2, 0.25) is 0 Å². The smallest absolute Gasteiger partial charge is 0.191 e. The fourth-order valence-corrected chi connectivity index (χ4v) is 3.10. The van der Waals surface area contributed by atoms with E-state index in [4.69, 9.17) is 11.6 Å². The molecule has 0 fully saturated rings. The van der Waals surface area contributed by atoms with E-state index in [9.17, 15) is 0 Å². The lowest BCUT2D eigenvalue weighted by Crippen LogP contribution is -2.35. The first-order chi connectivity index (χ1) is 13.7. The molecule has 138 valence electrons. The molecule has 0 bridgehead atoms. The molecule has 0 unspecified atom stereocenters. The summed E-state index contributed by atoms with van der Waals surface area (Å²) in [5.74, 6) is 2.60. The maximum Gasteiger partial charge on any atom is 0.191 e. The highest BCUT2D eigenvalue weighted by Crippen LogP contribution is 2.28. The Kier molecular flexibility index (Phi) is 4.12. The van der Waals surface area contributed by atoms with Crippen LogP contribution in [-0.4, -0.2) is 19.9 Å². The van der Waals surface area contributed by atoms with Crippen LogP contribution in [0.1, 0.15) is 5.56 Å². The van der Waals surface area contributed by atoms with Gasteiger partial charge in [-0.05, 0) is 35.9 Å². The first-order valence-corrected chi connectivity index (χ1v) is 9.01. The second-order valence-electron chi connectivity index (χ2n) is 6.27. The van der Waals surface area contributed by atoms with Crippen LogP contribution in [0.25, 0.3) is 10.9 Å². The molecule has 28 heavy (non-hydrogen) atoms. The Morgan fingerprint density at radius 3 is 2.86 bits per heavy atom. The van der Waals surface area contributed by atoms with E-state index in [1.807, 2.05) is 17.1 Å². The SMILES string of the molecule is Clc1ccc(Nc2cnc3c(n2)N(Cc2ccc4ncccc4c2)NN3)nc1. The highest BCUT2D eigenvalue weighted by molar-refractivity contribution is 6.30. The van der Waals surface area contributed by atoms with Crippen molar-refractivity contribution in [2.24, 2.45) is 0 Å². The average molecular weight is 391 g/mol. The highest BCUT2D eigenvalue weighted by atomic mass is 35.5. The summed E-state index contributed by atoms with van der Waals surface area (Å²) in [6, 6.07) is 13.7. The zero-order valence-corrected chi connectivity index (χ0v) is 15.4. The normalized spacial score (nSPS) is 12.7. The highest BCUT2D eigenvalue weighted by Gasteiger charge is 2.22. The molecule has 1 aromatic carbocycles.